The molecule has 0 saturated heterocycles. The molecule has 0 amide bonds. The van der Waals surface area contributed by atoms with Crippen LogP contribution in [0.25, 0.3) is 0 Å². The van der Waals surface area contributed by atoms with Crippen molar-refractivity contribution in [3.8, 4) is 0 Å². The first-order valence-electron chi connectivity index (χ1n) is 6.91. The van der Waals surface area contributed by atoms with Gasteiger partial charge in [-0.2, -0.15) is 0 Å². The lowest BCUT2D eigenvalue weighted by Gasteiger charge is -2.25. The Hall–Kier alpha value is -0.860. The second-order valence-corrected chi connectivity index (χ2v) is 5.61. The largest absolute Gasteiger partial charge is 0.387 e. The molecule has 1 rings (SSSR count). The lowest BCUT2D eigenvalue weighted by molar-refractivity contribution is 0.109. The van der Waals surface area contributed by atoms with Gasteiger partial charge in [-0.3, -0.25) is 0 Å². The van der Waals surface area contributed by atoms with Crippen molar-refractivity contribution in [2.75, 3.05) is 19.6 Å². The maximum absolute atomic E-state index is 10.3. The molecule has 2 heteroatoms. The van der Waals surface area contributed by atoms with E-state index in [9.17, 15) is 5.11 Å². The predicted octanol–water partition coefficient (Wildman–Crippen LogP) is 3.31. The monoisotopic (exact) mass is 249 g/mol. The fraction of sp³-hybridized carbons (Fsp3) is 0.625. The van der Waals surface area contributed by atoms with Gasteiger partial charge in [-0.15, -0.1) is 0 Å². The number of likely N-dealkylation sites (N-methyl/N-ethyl adjacent to an activating group) is 1. The number of benzene rings is 1. The van der Waals surface area contributed by atoms with E-state index in [1.807, 2.05) is 6.07 Å². The van der Waals surface area contributed by atoms with Gasteiger partial charge in [0, 0.05) is 13.1 Å². The third-order valence-corrected chi connectivity index (χ3v) is 3.42. The van der Waals surface area contributed by atoms with Gasteiger partial charge in [-0.05, 0) is 43.0 Å². The molecule has 0 aromatic heterocycles. The Kier molecular flexibility index (Phi) is 5.83. The van der Waals surface area contributed by atoms with Crippen LogP contribution in [0.5, 0.6) is 0 Å². The molecule has 0 aliphatic heterocycles. The number of nitrogens with zero attached hydrogens (tertiary/aromatic N) is 1. The van der Waals surface area contributed by atoms with Crippen molar-refractivity contribution in [2.24, 2.45) is 5.92 Å². The van der Waals surface area contributed by atoms with E-state index in [1.54, 1.807) is 0 Å². The van der Waals surface area contributed by atoms with Crippen LogP contribution in [0.4, 0.5) is 0 Å². The van der Waals surface area contributed by atoms with Crippen LogP contribution in [-0.4, -0.2) is 29.6 Å². The number of hydrogen-bond acceptors (Lipinski definition) is 2. The topological polar surface area (TPSA) is 23.5 Å². The van der Waals surface area contributed by atoms with E-state index in [1.165, 1.54) is 11.1 Å². The molecule has 0 radical (unpaired) electrons. The van der Waals surface area contributed by atoms with Gasteiger partial charge in [0.2, 0.25) is 0 Å². The zero-order valence-electron chi connectivity index (χ0n) is 12.4. The SMILES string of the molecule is CCN(CC(C)C)CC(O)c1ccc(C)c(C)c1. The minimum absolute atomic E-state index is 0.386. The average molecular weight is 249 g/mol. The number of hydrogen-bond donors (Lipinski definition) is 1. The molecular weight excluding hydrogens is 222 g/mol. The normalized spacial score (nSPS) is 13.3. The summed E-state index contributed by atoms with van der Waals surface area (Å²) in [5.74, 6) is 0.636. The molecule has 2 nitrogen and oxygen atoms in total. The van der Waals surface area contributed by atoms with Crippen LogP contribution in [0.2, 0.25) is 0 Å². The zero-order valence-corrected chi connectivity index (χ0v) is 12.4. The number of aliphatic hydroxyl groups is 1. The van der Waals surface area contributed by atoms with E-state index >= 15 is 0 Å². The van der Waals surface area contributed by atoms with Crippen LogP contribution in [0.15, 0.2) is 18.2 Å². The zero-order chi connectivity index (χ0) is 13.7. The fourth-order valence-electron chi connectivity index (χ4n) is 2.17. The van der Waals surface area contributed by atoms with E-state index in [4.69, 9.17) is 0 Å². The molecular formula is C16H27NO. The summed E-state index contributed by atoms with van der Waals surface area (Å²) in [7, 11) is 0. The minimum Gasteiger partial charge on any atom is -0.387 e. The third-order valence-electron chi connectivity index (χ3n) is 3.42. The summed E-state index contributed by atoms with van der Waals surface area (Å²) in [4.78, 5) is 2.31. The number of aryl methyl sites for hydroxylation is 2. The first-order valence-corrected chi connectivity index (χ1v) is 6.91. The summed E-state index contributed by atoms with van der Waals surface area (Å²) < 4.78 is 0. The van der Waals surface area contributed by atoms with Crippen molar-refractivity contribution < 1.29 is 5.11 Å². The molecule has 0 saturated carbocycles. The smallest absolute Gasteiger partial charge is 0.0917 e. The molecule has 0 aliphatic rings. The van der Waals surface area contributed by atoms with Crippen molar-refractivity contribution >= 4 is 0 Å². The maximum Gasteiger partial charge on any atom is 0.0917 e. The lowest BCUT2D eigenvalue weighted by Crippen LogP contribution is -2.31. The summed E-state index contributed by atoms with van der Waals surface area (Å²) in [5.41, 5.74) is 3.55. The van der Waals surface area contributed by atoms with Crippen LogP contribution in [0, 0.1) is 19.8 Å². The van der Waals surface area contributed by atoms with Gasteiger partial charge in [-0.1, -0.05) is 39.0 Å². The van der Waals surface area contributed by atoms with E-state index in [2.05, 4.69) is 51.7 Å². The predicted molar refractivity (Wildman–Crippen MR) is 77.8 cm³/mol. The number of rotatable bonds is 6. The molecule has 0 fully saturated rings. The molecule has 0 heterocycles. The summed E-state index contributed by atoms with van der Waals surface area (Å²) in [6.07, 6.45) is -0.386. The van der Waals surface area contributed by atoms with Gasteiger partial charge < -0.3 is 10.0 Å². The van der Waals surface area contributed by atoms with Crippen LogP contribution in [0.3, 0.4) is 0 Å². The van der Waals surface area contributed by atoms with Crippen molar-refractivity contribution in [1.82, 2.24) is 4.90 Å². The highest BCUT2D eigenvalue weighted by molar-refractivity contribution is 5.31. The van der Waals surface area contributed by atoms with Crippen molar-refractivity contribution in [3.63, 3.8) is 0 Å². The Morgan fingerprint density at radius 3 is 2.28 bits per heavy atom. The molecule has 1 aromatic rings. The highest BCUT2D eigenvalue weighted by atomic mass is 16.3. The van der Waals surface area contributed by atoms with E-state index in [-0.39, 0.29) is 6.10 Å². The molecule has 1 atom stereocenters. The third kappa shape index (κ3) is 4.43. The Morgan fingerprint density at radius 1 is 1.11 bits per heavy atom. The maximum atomic E-state index is 10.3. The molecule has 0 aliphatic carbocycles. The van der Waals surface area contributed by atoms with Crippen LogP contribution < -0.4 is 0 Å². The Labute approximate surface area is 112 Å². The van der Waals surface area contributed by atoms with E-state index in [0.717, 1.165) is 25.2 Å². The highest BCUT2D eigenvalue weighted by Gasteiger charge is 2.13. The molecule has 0 bridgehead atoms. The van der Waals surface area contributed by atoms with Crippen LogP contribution in [-0.2, 0) is 0 Å². The molecule has 1 aromatic carbocycles. The minimum atomic E-state index is -0.386. The molecule has 1 unspecified atom stereocenters. The second-order valence-electron chi connectivity index (χ2n) is 5.61. The number of aliphatic hydroxyl groups excluding tert-OH is 1. The molecule has 1 N–H and O–H groups in total. The summed E-state index contributed by atoms with van der Waals surface area (Å²) >= 11 is 0. The van der Waals surface area contributed by atoms with E-state index < -0.39 is 0 Å². The van der Waals surface area contributed by atoms with Crippen LogP contribution >= 0.6 is 0 Å². The van der Waals surface area contributed by atoms with Gasteiger partial charge in [0.05, 0.1) is 6.10 Å². The Balaban J connectivity index is 2.68. The Morgan fingerprint density at radius 2 is 1.78 bits per heavy atom. The molecule has 18 heavy (non-hydrogen) atoms. The molecule has 102 valence electrons. The van der Waals surface area contributed by atoms with Gasteiger partial charge in [0.25, 0.3) is 0 Å². The standard InChI is InChI=1S/C16H27NO/c1-6-17(10-12(2)3)11-16(18)15-8-7-13(4)14(5)9-15/h7-9,12,16,18H,6,10-11H2,1-5H3. The van der Waals surface area contributed by atoms with Crippen molar-refractivity contribution in [2.45, 2.75) is 40.7 Å². The first-order chi connectivity index (χ1) is 8.43. The fourth-order valence-corrected chi connectivity index (χ4v) is 2.17. The average Bonchev–Trinajstić information content (AvgIpc) is 2.31. The lowest BCUT2D eigenvalue weighted by atomic mass is 10.0. The van der Waals surface area contributed by atoms with Crippen LogP contribution in [0.1, 0.15) is 43.6 Å². The summed E-state index contributed by atoms with van der Waals surface area (Å²) in [5, 5.41) is 10.3. The highest BCUT2D eigenvalue weighted by Crippen LogP contribution is 2.18. The Bertz CT molecular complexity index is 373. The van der Waals surface area contributed by atoms with Crippen molar-refractivity contribution in [1.29, 1.82) is 0 Å². The summed E-state index contributed by atoms with van der Waals surface area (Å²) in [6.45, 7) is 13.5. The first kappa shape index (κ1) is 15.2. The van der Waals surface area contributed by atoms with Crippen molar-refractivity contribution in [3.05, 3.63) is 34.9 Å². The van der Waals surface area contributed by atoms with Gasteiger partial charge in [-0.25, -0.2) is 0 Å². The van der Waals surface area contributed by atoms with Gasteiger partial charge in [0.1, 0.15) is 0 Å². The van der Waals surface area contributed by atoms with Gasteiger partial charge in [0.15, 0.2) is 0 Å². The summed E-state index contributed by atoms with van der Waals surface area (Å²) in [6, 6.07) is 6.23. The quantitative estimate of drug-likeness (QED) is 0.836. The van der Waals surface area contributed by atoms with Gasteiger partial charge >= 0.3 is 0 Å². The second kappa shape index (κ2) is 6.91. The molecule has 0 spiro atoms. The van der Waals surface area contributed by atoms with E-state index in [0.29, 0.717) is 5.92 Å².